The van der Waals surface area contributed by atoms with Gasteiger partial charge in [-0.25, -0.2) is 8.42 Å². The zero-order chi connectivity index (χ0) is 16.2. The van der Waals surface area contributed by atoms with Crippen molar-refractivity contribution in [1.29, 1.82) is 0 Å². The Balaban J connectivity index is 3.24. The highest BCUT2D eigenvalue weighted by atomic mass is 79.9. The highest BCUT2D eigenvalue weighted by Crippen LogP contribution is 2.28. The summed E-state index contributed by atoms with van der Waals surface area (Å²) in [6.45, 7) is 4.86. The van der Waals surface area contributed by atoms with Crippen molar-refractivity contribution in [1.82, 2.24) is 9.21 Å². The molecule has 7 heteroatoms. The normalized spacial score (nSPS) is 13.9. The first-order chi connectivity index (χ1) is 9.73. The largest absolute Gasteiger partial charge is 0.308 e. The fourth-order valence-electron chi connectivity index (χ4n) is 2.29. The summed E-state index contributed by atoms with van der Waals surface area (Å²) in [4.78, 5) is 2.25. The molecule has 0 N–H and O–H groups in total. The van der Waals surface area contributed by atoms with Crippen LogP contribution in [0.15, 0.2) is 27.6 Å². The quantitative estimate of drug-likeness (QED) is 0.664. The lowest BCUT2D eigenvalue weighted by atomic mass is 10.2. The molecule has 1 aromatic rings. The minimum Gasteiger partial charge on any atom is -0.308 e. The minimum absolute atomic E-state index is 0.110. The van der Waals surface area contributed by atoms with Crippen molar-refractivity contribution in [3.05, 3.63) is 28.2 Å². The van der Waals surface area contributed by atoms with Crippen LogP contribution in [0.5, 0.6) is 0 Å². The molecule has 0 spiro atoms. The van der Waals surface area contributed by atoms with Gasteiger partial charge in [0.1, 0.15) is 0 Å². The lowest BCUT2D eigenvalue weighted by Gasteiger charge is -2.29. The summed E-state index contributed by atoms with van der Waals surface area (Å²) in [6, 6.07) is 5.07. The zero-order valence-corrected chi connectivity index (χ0v) is 16.0. The summed E-state index contributed by atoms with van der Waals surface area (Å²) < 4.78 is 27.9. The number of halogens is 2. The Labute approximate surface area is 141 Å². The van der Waals surface area contributed by atoms with E-state index in [2.05, 4.69) is 15.9 Å². The number of alkyl halides is 1. The molecular formula is C14H22BrClN2O2S. The van der Waals surface area contributed by atoms with Crippen molar-refractivity contribution in [3.63, 3.8) is 0 Å². The predicted molar refractivity (Wildman–Crippen MR) is 91.3 cm³/mol. The molecule has 0 bridgehead atoms. The van der Waals surface area contributed by atoms with Gasteiger partial charge in [0.2, 0.25) is 10.0 Å². The van der Waals surface area contributed by atoms with E-state index in [-0.39, 0.29) is 16.8 Å². The fraction of sp³-hybridized carbons (Fsp3) is 0.571. The standard InChI is InChI=1S/C14H22BrClN2O2S/c1-5-18(11(2)10-17(3)4)21(19,20)14-8-12(9-16)6-7-13(14)15/h6-8,11H,5,9-10H2,1-4H3. The Bertz CT molecular complexity index is 578. The molecule has 0 amide bonds. The number of benzene rings is 1. The molecule has 0 radical (unpaired) electrons. The van der Waals surface area contributed by atoms with E-state index in [9.17, 15) is 8.42 Å². The second-order valence-electron chi connectivity index (χ2n) is 5.22. The van der Waals surface area contributed by atoms with Gasteiger partial charge in [-0.2, -0.15) is 4.31 Å². The van der Waals surface area contributed by atoms with E-state index >= 15 is 0 Å². The first-order valence-electron chi connectivity index (χ1n) is 6.75. The third kappa shape index (κ3) is 4.66. The highest BCUT2D eigenvalue weighted by Gasteiger charge is 2.29. The molecule has 0 fully saturated rings. The molecule has 0 aliphatic rings. The third-order valence-corrected chi connectivity index (χ3v) is 6.56. The Hall–Kier alpha value is -0.140. The lowest BCUT2D eigenvalue weighted by Crippen LogP contribution is -2.43. The summed E-state index contributed by atoms with van der Waals surface area (Å²) in [5, 5.41) is 0. The summed E-state index contributed by atoms with van der Waals surface area (Å²) in [7, 11) is 0.305. The average molecular weight is 398 g/mol. The SMILES string of the molecule is CCN(C(C)CN(C)C)S(=O)(=O)c1cc(CCl)ccc1Br. The highest BCUT2D eigenvalue weighted by molar-refractivity contribution is 9.10. The van der Waals surface area contributed by atoms with Gasteiger partial charge < -0.3 is 4.90 Å². The second-order valence-corrected chi connectivity index (χ2v) is 8.20. The van der Waals surface area contributed by atoms with Crippen molar-refractivity contribution >= 4 is 37.6 Å². The molecule has 120 valence electrons. The summed E-state index contributed by atoms with van der Waals surface area (Å²) in [5.41, 5.74) is 0.787. The van der Waals surface area contributed by atoms with Gasteiger partial charge in [-0.3, -0.25) is 0 Å². The Morgan fingerprint density at radius 1 is 1.33 bits per heavy atom. The van der Waals surface area contributed by atoms with Gasteiger partial charge in [0, 0.05) is 29.5 Å². The maximum atomic E-state index is 12.9. The van der Waals surface area contributed by atoms with Crippen LogP contribution in [-0.2, 0) is 15.9 Å². The number of rotatable bonds is 7. The van der Waals surface area contributed by atoms with E-state index in [1.807, 2.05) is 38.9 Å². The Morgan fingerprint density at radius 2 is 1.95 bits per heavy atom. The van der Waals surface area contributed by atoms with Gasteiger partial charge in [-0.05, 0) is 54.6 Å². The number of nitrogens with zero attached hydrogens (tertiary/aromatic N) is 2. The zero-order valence-electron chi connectivity index (χ0n) is 12.8. The van der Waals surface area contributed by atoms with Crippen molar-refractivity contribution in [2.75, 3.05) is 27.2 Å². The molecule has 21 heavy (non-hydrogen) atoms. The molecule has 0 aromatic heterocycles. The summed E-state index contributed by atoms with van der Waals surface area (Å²) >= 11 is 9.15. The Kier molecular flexibility index (Phi) is 7.13. The van der Waals surface area contributed by atoms with Crippen LogP contribution < -0.4 is 0 Å². The molecular weight excluding hydrogens is 376 g/mol. The average Bonchev–Trinajstić information content (AvgIpc) is 2.38. The van der Waals surface area contributed by atoms with Crippen LogP contribution in [0.3, 0.4) is 0 Å². The fourth-order valence-corrected chi connectivity index (χ4v) is 5.07. The number of likely N-dealkylation sites (N-methyl/N-ethyl adjacent to an activating group) is 2. The molecule has 0 saturated carbocycles. The smallest absolute Gasteiger partial charge is 0.244 e. The van der Waals surface area contributed by atoms with E-state index in [4.69, 9.17) is 11.6 Å². The first kappa shape index (κ1) is 18.9. The van der Waals surface area contributed by atoms with Crippen molar-refractivity contribution in [3.8, 4) is 0 Å². The van der Waals surface area contributed by atoms with E-state index < -0.39 is 10.0 Å². The van der Waals surface area contributed by atoms with E-state index in [0.29, 0.717) is 17.6 Å². The minimum atomic E-state index is -3.56. The van der Waals surface area contributed by atoms with Crippen LogP contribution >= 0.6 is 27.5 Å². The van der Waals surface area contributed by atoms with Gasteiger partial charge in [0.15, 0.2) is 0 Å². The van der Waals surface area contributed by atoms with Crippen LogP contribution in [0.25, 0.3) is 0 Å². The molecule has 4 nitrogen and oxygen atoms in total. The van der Waals surface area contributed by atoms with E-state index in [1.165, 1.54) is 4.31 Å². The van der Waals surface area contributed by atoms with Crippen LogP contribution in [0, 0.1) is 0 Å². The summed E-state index contributed by atoms with van der Waals surface area (Å²) in [6.07, 6.45) is 0. The maximum Gasteiger partial charge on any atom is 0.244 e. The lowest BCUT2D eigenvalue weighted by molar-refractivity contribution is 0.271. The number of hydrogen-bond donors (Lipinski definition) is 0. The van der Waals surface area contributed by atoms with Crippen molar-refractivity contribution < 1.29 is 8.42 Å². The van der Waals surface area contributed by atoms with Gasteiger partial charge in [0.05, 0.1) is 4.90 Å². The molecule has 0 heterocycles. The number of hydrogen-bond acceptors (Lipinski definition) is 3. The number of sulfonamides is 1. The van der Waals surface area contributed by atoms with E-state index in [1.54, 1.807) is 12.1 Å². The molecule has 0 aliphatic heterocycles. The van der Waals surface area contributed by atoms with E-state index in [0.717, 1.165) is 5.56 Å². The van der Waals surface area contributed by atoms with Gasteiger partial charge in [-0.15, -0.1) is 11.6 Å². The molecule has 0 aliphatic carbocycles. The monoisotopic (exact) mass is 396 g/mol. The molecule has 1 unspecified atom stereocenters. The van der Waals surface area contributed by atoms with Gasteiger partial charge >= 0.3 is 0 Å². The van der Waals surface area contributed by atoms with Gasteiger partial charge in [-0.1, -0.05) is 13.0 Å². The van der Waals surface area contributed by atoms with Crippen LogP contribution in [0.1, 0.15) is 19.4 Å². The van der Waals surface area contributed by atoms with Crippen molar-refractivity contribution in [2.24, 2.45) is 0 Å². The second kappa shape index (κ2) is 7.92. The molecule has 1 aromatic carbocycles. The first-order valence-corrected chi connectivity index (χ1v) is 9.51. The van der Waals surface area contributed by atoms with Gasteiger partial charge in [0.25, 0.3) is 0 Å². The molecule has 0 saturated heterocycles. The third-order valence-electron chi connectivity index (χ3n) is 3.17. The van der Waals surface area contributed by atoms with Crippen LogP contribution in [0.4, 0.5) is 0 Å². The summed E-state index contributed by atoms with van der Waals surface area (Å²) in [5.74, 6) is 0.287. The van der Waals surface area contributed by atoms with Crippen molar-refractivity contribution in [2.45, 2.75) is 30.7 Å². The topological polar surface area (TPSA) is 40.6 Å². The predicted octanol–water partition coefficient (Wildman–Crippen LogP) is 3.15. The molecule has 1 rings (SSSR count). The van der Waals surface area contributed by atoms with Crippen LogP contribution in [0.2, 0.25) is 0 Å². The maximum absolute atomic E-state index is 12.9. The molecule has 1 atom stereocenters. The Morgan fingerprint density at radius 3 is 2.43 bits per heavy atom. The van der Waals surface area contributed by atoms with Crippen LogP contribution in [-0.4, -0.2) is 50.8 Å².